The van der Waals surface area contributed by atoms with Crippen LogP contribution in [-0.4, -0.2) is 61.8 Å². The fourth-order valence-corrected chi connectivity index (χ4v) is 3.76. The van der Waals surface area contributed by atoms with Crippen LogP contribution in [-0.2, 0) is 11.3 Å². The number of guanidine groups is 1. The Hall–Kier alpha value is -1.60. The SMILES string of the molecule is CCOC(CCNC(=NC)NCC1CCN(Cc2nc(C)c(C)o2)CC1)C(C)C. The zero-order chi connectivity index (χ0) is 21.2. The summed E-state index contributed by atoms with van der Waals surface area (Å²) in [5, 5.41) is 6.93. The molecule has 0 radical (unpaired) electrons. The number of aromatic nitrogens is 1. The molecule has 1 aromatic rings. The zero-order valence-corrected chi connectivity index (χ0v) is 19.3. The van der Waals surface area contributed by atoms with Crippen LogP contribution in [0.25, 0.3) is 0 Å². The molecule has 1 aromatic heterocycles. The van der Waals surface area contributed by atoms with Gasteiger partial charge in [-0.15, -0.1) is 0 Å². The van der Waals surface area contributed by atoms with Crippen molar-refractivity contribution in [1.29, 1.82) is 0 Å². The number of piperidine rings is 1. The molecule has 0 amide bonds. The number of aliphatic imine (C=N–C) groups is 1. The molecule has 1 unspecified atom stereocenters. The molecule has 2 N–H and O–H groups in total. The van der Waals surface area contributed by atoms with Crippen molar-refractivity contribution >= 4 is 5.96 Å². The molecule has 0 saturated carbocycles. The topological polar surface area (TPSA) is 74.9 Å². The van der Waals surface area contributed by atoms with E-state index in [-0.39, 0.29) is 0 Å². The van der Waals surface area contributed by atoms with Gasteiger partial charge in [0, 0.05) is 26.7 Å². The Morgan fingerprint density at radius 1 is 1.28 bits per heavy atom. The third-order valence-corrected chi connectivity index (χ3v) is 5.77. The Kier molecular flexibility index (Phi) is 9.94. The minimum absolute atomic E-state index is 0.297. The number of ether oxygens (including phenoxy) is 1. The van der Waals surface area contributed by atoms with E-state index in [2.05, 4.69) is 46.3 Å². The molecule has 2 heterocycles. The Morgan fingerprint density at radius 3 is 2.55 bits per heavy atom. The van der Waals surface area contributed by atoms with Gasteiger partial charge in [0.1, 0.15) is 5.76 Å². The first-order valence-corrected chi connectivity index (χ1v) is 11.1. The fraction of sp³-hybridized carbons (Fsp3) is 0.818. The van der Waals surface area contributed by atoms with Gasteiger partial charge in [0.2, 0.25) is 5.89 Å². The summed E-state index contributed by atoms with van der Waals surface area (Å²) in [6.45, 7) is 16.0. The molecule has 1 aliphatic rings. The number of hydrogen-bond acceptors (Lipinski definition) is 5. The second kappa shape index (κ2) is 12.2. The highest BCUT2D eigenvalue weighted by Gasteiger charge is 2.21. The van der Waals surface area contributed by atoms with Gasteiger partial charge in [-0.05, 0) is 65.0 Å². The Labute approximate surface area is 176 Å². The van der Waals surface area contributed by atoms with Crippen molar-refractivity contribution in [3.8, 4) is 0 Å². The number of oxazole rings is 1. The molecular formula is C22H41N5O2. The highest BCUT2D eigenvalue weighted by atomic mass is 16.5. The van der Waals surface area contributed by atoms with Crippen molar-refractivity contribution < 1.29 is 9.15 Å². The minimum atomic E-state index is 0.297. The predicted octanol–water partition coefficient (Wildman–Crippen LogP) is 3.12. The normalized spacial score (nSPS) is 17.7. The summed E-state index contributed by atoms with van der Waals surface area (Å²) in [5.74, 6) is 3.86. The summed E-state index contributed by atoms with van der Waals surface area (Å²) in [4.78, 5) is 11.3. The molecular weight excluding hydrogens is 366 g/mol. The van der Waals surface area contributed by atoms with Gasteiger partial charge < -0.3 is 19.8 Å². The maximum absolute atomic E-state index is 5.82. The van der Waals surface area contributed by atoms with Crippen molar-refractivity contribution in [2.24, 2.45) is 16.8 Å². The average Bonchev–Trinajstić information content (AvgIpc) is 3.01. The van der Waals surface area contributed by atoms with E-state index in [4.69, 9.17) is 9.15 Å². The number of aryl methyl sites for hydroxylation is 2. The second-order valence-corrected chi connectivity index (χ2v) is 8.38. The van der Waals surface area contributed by atoms with Crippen LogP contribution >= 0.6 is 0 Å². The molecule has 2 rings (SSSR count). The lowest BCUT2D eigenvalue weighted by molar-refractivity contribution is 0.0258. The van der Waals surface area contributed by atoms with Gasteiger partial charge in [0.15, 0.2) is 5.96 Å². The van der Waals surface area contributed by atoms with Crippen molar-refractivity contribution in [3.05, 3.63) is 17.3 Å². The molecule has 1 atom stereocenters. The van der Waals surface area contributed by atoms with Gasteiger partial charge in [-0.3, -0.25) is 9.89 Å². The lowest BCUT2D eigenvalue weighted by atomic mass is 9.97. The quantitative estimate of drug-likeness (QED) is 0.458. The summed E-state index contributed by atoms with van der Waals surface area (Å²) >= 11 is 0. The van der Waals surface area contributed by atoms with E-state index in [1.54, 1.807) is 0 Å². The molecule has 0 bridgehead atoms. The Balaban J connectivity index is 1.65. The summed E-state index contributed by atoms with van der Waals surface area (Å²) in [6.07, 6.45) is 3.65. The van der Waals surface area contributed by atoms with Crippen LogP contribution < -0.4 is 10.6 Å². The molecule has 1 saturated heterocycles. The zero-order valence-electron chi connectivity index (χ0n) is 19.3. The van der Waals surface area contributed by atoms with E-state index in [0.29, 0.717) is 17.9 Å². The monoisotopic (exact) mass is 407 g/mol. The molecule has 7 nitrogen and oxygen atoms in total. The highest BCUT2D eigenvalue weighted by Crippen LogP contribution is 2.19. The van der Waals surface area contributed by atoms with E-state index in [0.717, 1.165) is 69.1 Å². The molecule has 7 heteroatoms. The van der Waals surface area contributed by atoms with Gasteiger partial charge in [0.25, 0.3) is 0 Å². The van der Waals surface area contributed by atoms with Gasteiger partial charge in [0.05, 0.1) is 18.3 Å². The minimum Gasteiger partial charge on any atom is -0.444 e. The van der Waals surface area contributed by atoms with Gasteiger partial charge in [-0.25, -0.2) is 4.98 Å². The smallest absolute Gasteiger partial charge is 0.208 e. The summed E-state index contributed by atoms with van der Waals surface area (Å²) in [6, 6.07) is 0. The van der Waals surface area contributed by atoms with Crippen LogP contribution in [0.3, 0.4) is 0 Å². The number of hydrogen-bond donors (Lipinski definition) is 2. The van der Waals surface area contributed by atoms with Crippen molar-refractivity contribution in [2.45, 2.75) is 66.5 Å². The van der Waals surface area contributed by atoms with E-state index in [1.807, 2.05) is 20.9 Å². The molecule has 166 valence electrons. The molecule has 0 spiro atoms. The van der Waals surface area contributed by atoms with Crippen LogP contribution in [0, 0.1) is 25.7 Å². The molecule has 0 aliphatic carbocycles. The lowest BCUT2D eigenvalue weighted by Gasteiger charge is -2.31. The summed E-state index contributed by atoms with van der Waals surface area (Å²) < 4.78 is 11.5. The maximum atomic E-state index is 5.82. The number of nitrogens with zero attached hydrogens (tertiary/aromatic N) is 3. The van der Waals surface area contributed by atoms with Crippen molar-refractivity contribution in [3.63, 3.8) is 0 Å². The maximum Gasteiger partial charge on any atom is 0.208 e. The Bertz CT molecular complexity index is 601. The second-order valence-electron chi connectivity index (χ2n) is 8.38. The van der Waals surface area contributed by atoms with E-state index >= 15 is 0 Å². The fourth-order valence-electron chi connectivity index (χ4n) is 3.76. The largest absolute Gasteiger partial charge is 0.444 e. The number of rotatable bonds is 10. The van der Waals surface area contributed by atoms with Crippen LogP contribution in [0.5, 0.6) is 0 Å². The van der Waals surface area contributed by atoms with E-state index < -0.39 is 0 Å². The first kappa shape index (κ1) is 23.7. The highest BCUT2D eigenvalue weighted by molar-refractivity contribution is 5.79. The van der Waals surface area contributed by atoms with Crippen molar-refractivity contribution in [1.82, 2.24) is 20.5 Å². The van der Waals surface area contributed by atoms with Crippen LogP contribution in [0.4, 0.5) is 0 Å². The number of likely N-dealkylation sites (tertiary alicyclic amines) is 1. The van der Waals surface area contributed by atoms with Crippen LogP contribution in [0.15, 0.2) is 9.41 Å². The van der Waals surface area contributed by atoms with Crippen molar-refractivity contribution in [2.75, 3.05) is 39.8 Å². The van der Waals surface area contributed by atoms with Gasteiger partial charge in [-0.1, -0.05) is 13.8 Å². The standard InChI is InChI=1S/C22H41N5O2/c1-7-28-20(16(2)3)8-11-24-22(23-6)25-14-19-9-12-27(13-10-19)15-21-26-17(4)18(5)29-21/h16,19-20H,7-15H2,1-6H3,(H2,23,24,25). The predicted molar refractivity (Wildman–Crippen MR) is 118 cm³/mol. The van der Waals surface area contributed by atoms with Gasteiger partial charge >= 0.3 is 0 Å². The average molecular weight is 408 g/mol. The molecule has 1 fully saturated rings. The van der Waals surface area contributed by atoms with Gasteiger partial charge in [-0.2, -0.15) is 0 Å². The molecule has 1 aliphatic heterocycles. The number of nitrogens with one attached hydrogen (secondary N) is 2. The van der Waals surface area contributed by atoms with Crippen LogP contribution in [0.1, 0.15) is 57.4 Å². The van der Waals surface area contributed by atoms with E-state index in [9.17, 15) is 0 Å². The summed E-state index contributed by atoms with van der Waals surface area (Å²) in [7, 11) is 1.83. The van der Waals surface area contributed by atoms with E-state index in [1.165, 1.54) is 12.8 Å². The lowest BCUT2D eigenvalue weighted by Crippen LogP contribution is -2.43. The first-order chi connectivity index (χ1) is 13.9. The third kappa shape index (κ3) is 7.97. The van der Waals surface area contributed by atoms with Crippen LogP contribution in [0.2, 0.25) is 0 Å². The Morgan fingerprint density at radius 2 is 2.00 bits per heavy atom. The first-order valence-electron chi connectivity index (χ1n) is 11.1. The summed E-state index contributed by atoms with van der Waals surface area (Å²) in [5.41, 5.74) is 0.999. The third-order valence-electron chi connectivity index (χ3n) is 5.77. The molecule has 29 heavy (non-hydrogen) atoms. The molecule has 0 aromatic carbocycles.